The zero-order valence-electron chi connectivity index (χ0n) is 35.2. The van der Waals surface area contributed by atoms with Crippen LogP contribution in [0.4, 0.5) is 11.4 Å². The maximum Gasteiger partial charge on any atom is 0.153 e. The average molecular weight is 769 g/mol. The summed E-state index contributed by atoms with van der Waals surface area (Å²) in [4.78, 5) is 23.9. The summed E-state index contributed by atoms with van der Waals surface area (Å²) in [5.41, 5.74) is 3.73. The minimum atomic E-state index is -0.213. The molecule has 0 spiro atoms. The van der Waals surface area contributed by atoms with E-state index in [0.717, 1.165) is 51.0 Å². The first-order chi connectivity index (χ1) is 27.0. The van der Waals surface area contributed by atoms with Crippen LogP contribution in [0.1, 0.15) is 97.4 Å². The molecule has 11 nitrogen and oxygen atoms in total. The van der Waals surface area contributed by atoms with E-state index in [-0.39, 0.29) is 18.1 Å². The van der Waals surface area contributed by atoms with Crippen molar-refractivity contribution in [2.45, 2.75) is 117 Å². The van der Waals surface area contributed by atoms with E-state index in [9.17, 15) is 5.11 Å². The van der Waals surface area contributed by atoms with Crippen LogP contribution in [0.25, 0.3) is 0 Å². The lowest BCUT2D eigenvalue weighted by Crippen LogP contribution is -2.36. The van der Waals surface area contributed by atoms with Crippen molar-refractivity contribution in [3.63, 3.8) is 0 Å². The quantitative estimate of drug-likeness (QED) is 0.166. The minimum Gasteiger partial charge on any atom is -0.391 e. The molecule has 3 atom stereocenters. The second kappa shape index (κ2) is 23.9. The van der Waals surface area contributed by atoms with Crippen molar-refractivity contribution in [3.8, 4) is 0 Å². The number of rotatable bonds is 10. The van der Waals surface area contributed by atoms with Gasteiger partial charge in [-0.25, -0.2) is 19.9 Å². The number of hydrogen-bond donors (Lipinski definition) is 2. The predicted octanol–water partition coefficient (Wildman–Crippen LogP) is 7.62. The molecule has 0 bridgehead atoms. The Bertz CT molecular complexity index is 1590. The third-order valence-electron chi connectivity index (χ3n) is 9.98. The number of nitrogens with one attached hydrogen (secondary N) is 1. The van der Waals surface area contributed by atoms with Crippen LogP contribution in [-0.2, 0) is 16.1 Å². The summed E-state index contributed by atoms with van der Waals surface area (Å²) < 4.78 is 10.6. The van der Waals surface area contributed by atoms with Gasteiger partial charge in [0.1, 0.15) is 12.4 Å². The number of β-amino-alcohol motifs (C(OH)–C–C–N with tert-alkyl or cyclic N) is 1. The van der Waals surface area contributed by atoms with E-state index in [0.29, 0.717) is 30.8 Å². The van der Waals surface area contributed by atoms with Crippen molar-refractivity contribution < 1.29 is 14.6 Å². The average Bonchev–Trinajstić information content (AvgIpc) is 3.87. The maximum absolute atomic E-state index is 10.0. The number of hydrogen-bond acceptors (Lipinski definition) is 11. The van der Waals surface area contributed by atoms with Gasteiger partial charge in [-0.15, -0.1) is 0 Å². The summed E-state index contributed by atoms with van der Waals surface area (Å²) in [5, 5.41) is 13.4. The molecular formula is C45H68N8O3. The zero-order valence-corrected chi connectivity index (χ0v) is 35.2. The lowest BCUT2D eigenvalue weighted by molar-refractivity contribution is 0.0612. The number of morpholine rings is 1. The number of aliphatic hydroxyl groups is 1. The molecule has 0 saturated carbocycles. The van der Waals surface area contributed by atoms with Crippen molar-refractivity contribution >= 4 is 11.4 Å². The minimum absolute atomic E-state index is 0.213. The Labute approximate surface area is 336 Å². The fourth-order valence-electron chi connectivity index (χ4n) is 7.00. The van der Waals surface area contributed by atoms with Crippen LogP contribution in [0.15, 0.2) is 91.5 Å². The molecule has 3 aliphatic heterocycles. The van der Waals surface area contributed by atoms with Gasteiger partial charge >= 0.3 is 0 Å². The van der Waals surface area contributed by atoms with Crippen LogP contribution >= 0.6 is 0 Å². The topological polar surface area (TPSA) is 112 Å². The molecule has 1 unspecified atom stereocenters. The highest BCUT2D eigenvalue weighted by Gasteiger charge is 2.33. The molecule has 3 fully saturated rings. The molecule has 2 aromatic carbocycles. The van der Waals surface area contributed by atoms with Crippen molar-refractivity contribution in [2.75, 3.05) is 56.2 Å². The molecule has 4 aromatic rings. The molecule has 0 amide bonds. The van der Waals surface area contributed by atoms with Gasteiger partial charge in [-0.1, -0.05) is 30.3 Å². The fraction of sp³-hybridized carbons (Fsp3) is 0.556. The van der Waals surface area contributed by atoms with Gasteiger partial charge in [-0.3, -0.25) is 9.80 Å². The Morgan fingerprint density at radius 2 is 1.38 bits per heavy atom. The summed E-state index contributed by atoms with van der Waals surface area (Å²) in [5.74, 6) is 2.01. The Morgan fingerprint density at radius 1 is 0.750 bits per heavy atom. The van der Waals surface area contributed by atoms with Crippen LogP contribution in [0, 0.1) is 0 Å². The summed E-state index contributed by atoms with van der Waals surface area (Å²) in [7, 11) is 0. The second-order valence-corrected chi connectivity index (χ2v) is 15.7. The van der Waals surface area contributed by atoms with Gasteiger partial charge < -0.3 is 24.8 Å². The summed E-state index contributed by atoms with van der Waals surface area (Å²) >= 11 is 0. The summed E-state index contributed by atoms with van der Waals surface area (Å²) in [6.45, 7) is 24.2. The number of ether oxygens (including phenoxy) is 2. The van der Waals surface area contributed by atoms with Gasteiger partial charge in [0.15, 0.2) is 5.82 Å². The molecule has 0 radical (unpaired) electrons. The molecule has 2 N–H and O–H groups in total. The molecule has 306 valence electrons. The summed E-state index contributed by atoms with van der Waals surface area (Å²) in [6, 6.07) is 24.7. The number of aromatic nitrogens is 4. The Morgan fingerprint density at radius 3 is 1.93 bits per heavy atom. The Kier molecular flexibility index (Phi) is 19.1. The first-order valence-corrected chi connectivity index (χ1v) is 20.6. The lowest BCUT2D eigenvalue weighted by Gasteiger charge is -2.29. The number of benzene rings is 2. The van der Waals surface area contributed by atoms with Gasteiger partial charge in [0.2, 0.25) is 0 Å². The highest BCUT2D eigenvalue weighted by atomic mass is 16.5. The van der Waals surface area contributed by atoms with E-state index >= 15 is 0 Å². The number of likely N-dealkylation sites (tertiary alicyclic amines) is 2. The fourth-order valence-corrected chi connectivity index (χ4v) is 7.00. The zero-order chi connectivity index (χ0) is 40.3. The van der Waals surface area contributed by atoms with Crippen molar-refractivity contribution in [2.24, 2.45) is 0 Å². The van der Waals surface area contributed by atoms with Crippen LogP contribution in [0.2, 0.25) is 0 Å². The Hall–Kier alpha value is -4.00. The molecule has 56 heavy (non-hydrogen) atoms. The lowest BCUT2D eigenvalue weighted by atomic mass is 9.96. The second-order valence-electron chi connectivity index (χ2n) is 15.7. The number of aliphatic hydroxyl groups excluding tert-OH is 1. The standard InChI is InChI=1S/C13H20N2O.C13H19NO.C11H17N3.C8H12N2O/c1-11(2)14-12-3-5-13(6-4-12)15-7-9-16-10-8-15;1-10(2)14-8-12(13(15)9-14)11-6-4-3-5-7-11;1-9(2)14-8-3-5-10(14)11-12-6-4-7-13-11;1-7(2)11-6-8-9-4-3-5-10-8/h3-6,11,14H,7-10H2,1-2H3;3-7,10,12-13,15H,8-9H2,1-2H3;4,6-7,9-10H,3,5,8H2,1-2H3;3-5,7H,6H2,1-2H3/t;12-,13+;;/m.0../s1. The molecule has 3 saturated heterocycles. The van der Waals surface area contributed by atoms with E-state index in [1.54, 1.807) is 18.5 Å². The Balaban J connectivity index is 0.000000167. The van der Waals surface area contributed by atoms with Gasteiger partial charge in [0.25, 0.3) is 0 Å². The van der Waals surface area contributed by atoms with E-state index in [2.05, 4.69) is 118 Å². The predicted molar refractivity (Wildman–Crippen MR) is 228 cm³/mol. The van der Waals surface area contributed by atoms with Crippen molar-refractivity contribution in [1.82, 2.24) is 29.7 Å². The van der Waals surface area contributed by atoms with Crippen molar-refractivity contribution in [3.05, 3.63) is 109 Å². The molecule has 2 aromatic heterocycles. The smallest absolute Gasteiger partial charge is 0.153 e. The summed E-state index contributed by atoms with van der Waals surface area (Å²) in [6.07, 6.45) is 9.58. The monoisotopic (exact) mass is 769 g/mol. The molecule has 5 heterocycles. The molecular weight excluding hydrogens is 701 g/mol. The van der Waals surface area contributed by atoms with Crippen LogP contribution < -0.4 is 10.2 Å². The van der Waals surface area contributed by atoms with E-state index in [4.69, 9.17) is 9.47 Å². The normalized spacial score (nSPS) is 19.9. The van der Waals surface area contributed by atoms with Crippen LogP contribution in [-0.4, -0.2) is 111 Å². The number of nitrogens with zero attached hydrogens (tertiary/aromatic N) is 7. The van der Waals surface area contributed by atoms with Gasteiger partial charge in [0, 0.05) is 86.4 Å². The van der Waals surface area contributed by atoms with E-state index in [1.807, 2.05) is 50.5 Å². The van der Waals surface area contributed by atoms with Gasteiger partial charge in [0.05, 0.1) is 31.5 Å². The molecule has 0 aliphatic carbocycles. The van der Waals surface area contributed by atoms with Gasteiger partial charge in [-0.2, -0.15) is 0 Å². The van der Waals surface area contributed by atoms with Crippen LogP contribution in [0.3, 0.4) is 0 Å². The first-order valence-electron chi connectivity index (χ1n) is 20.6. The number of anilines is 2. The van der Waals surface area contributed by atoms with Gasteiger partial charge in [-0.05, 0) is 117 Å². The highest BCUT2D eigenvalue weighted by molar-refractivity contribution is 5.55. The van der Waals surface area contributed by atoms with E-state index in [1.165, 1.54) is 36.3 Å². The molecule has 3 aliphatic rings. The van der Waals surface area contributed by atoms with E-state index < -0.39 is 0 Å². The molecule has 11 heteroatoms. The largest absolute Gasteiger partial charge is 0.391 e. The maximum atomic E-state index is 10.0. The molecule has 7 rings (SSSR count). The van der Waals surface area contributed by atoms with Crippen LogP contribution in [0.5, 0.6) is 0 Å². The third-order valence-corrected chi connectivity index (χ3v) is 9.98. The first kappa shape index (κ1) is 44.7. The van der Waals surface area contributed by atoms with Crippen molar-refractivity contribution in [1.29, 1.82) is 0 Å². The highest BCUT2D eigenvalue weighted by Crippen LogP contribution is 2.31. The third kappa shape index (κ3) is 15.2. The SMILES string of the molecule is CC(C)N1CCCC1c1ncccn1.CC(C)N1C[C@@H](O)[C@H](c2ccccc2)C1.CC(C)Nc1ccc(N2CCOCC2)cc1.CC(C)OCc1ncccn1.